The minimum absolute atomic E-state index is 0.223. The largest absolute Gasteiger partial charge is 0.363 e. The molecule has 0 bridgehead atoms. The third-order valence-electron chi connectivity index (χ3n) is 1.37. The molecule has 1 heterocycles. The molecule has 0 aromatic carbocycles. The van der Waals surface area contributed by atoms with E-state index in [0.717, 1.165) is 6.20 Å². The van der Waals surface area contributed by atoms with Gasteiger partial charge in [0.05, 0.1) is 0 Å². The fourth-order valence-electron chi connectivity index (χ4n) is 0.817. The molecule has 5 heteroatoms. The topological polar surface area (TPSA) is 45.2 Å². The Balaban J connectivity index is 2.80. The highest BCUT2D eigenvalue weighted by Crippen LogP contribution is 2.18. The maximum Gasteiger partial charge on any atom is 0.199 e. The average molecular weight is 177 g/mol. The Morgan fingerprint density at radius 1 is 1.67 bits per heavy atom. The third-order valence-corrected chi connectivity index (χ3v) is 1.37. The zero-order chi connectivity index (χ0) is 9.14. The highest BCUT2D eigenvalue weighted by Gasteiger charge is 2.17. The molecule has 1 aromatic rings. The van der Waals surface area contributed by atoms with E-state index < -0.39 is 17.9 Å². The van der Waals surface area contributed by atoms with Crippen LogP contribution < -0.4 is 0 Å². The summed E-state index contributed by atoms with van der Waals surface area (Å²) in [5, 5.41) is 9.05. The lowest BCUT2D eigenvalue weighted by molar-refractivity contribution is -0.102. The van der Waals surface area contributed by atoms with Crippen LogP contribution in [0.5, 0.6) is 0 Å². The standard InChI is InChI=1S/C7H9F2NO2/c1-2-12-7(11)6-5(9)4(8)3-10-6/h3,7,10-11H,2H2,1H3. The van der Waals surface area contributed by atoms with Crippen LogP contribution in [0.3, 0.4) is 0 Å². The van der Waals surface area contributed by atoms with Crippen molar-refractivity contribution in [3.63, 3.8) is 0 Å². The molecule has 1 aromatic heterocycles. The van der Waals surface area contributed by atoms with Crippen molar-refractivity contribution in [2.75, 3.05) is 6.61 Å². The van der Waals surface area contributed by atoms with Gasteiger partial charge in [-0.1, -0.05) is 0 Å². The molecule has 1 atom stereocenters. The Bertz CT molecular complexity index is 262. The number of rotatable bonds is 3. The Kier molecular flexibility index (Phi) is 2.78. The van der Waals surface area contributed by atoms with Crippen LogP contribution in [0.1, 0.15) is 18.9 Å². The molecule has 0 fully saturated rings. The van der Waals surface area contributed by atoms with Gasteiger partial charge in [0, 0.05) is 12.8 Å². The number of hydrogen-bond donors (Lipinski definition) is 2. The van der Waals surface area contributed by atoms with Crippen molar-refractivity contribution in [1.29, 1.82) is 0 Å². The molecule has 12 heavy (non-hydrogen) atoms. The van der Waals surface area contributed by atoms with E-state index in [0.29, 0.717) is 0 Å². The molecule has 3 nitrogen and oxygen atoms in total. The first-order valence-corrected chi connectivity index (χ1v) is 3.48. The van der Waals surface area contributed by atoms with Gasteiger partial charge in [-0.3, -0.25) is 0 Å². The van der Waals surface area contributed by atoms with Crippen LogP contribution in [0.25, 0.3) is 0 Å². The Labute approximate surface area is 68.0 Å². The Morgan fingerprint density at radius 2 is 2.33 bits per heavy atom. The number of nitrogens with one attached hydrogen (secondary N) is 1. The first-order chi connectivity index (χ1) is 5.66. The van der Waals surface area contributed by atoms with E-state index in [2.05, 4.69) is 9.72 Å². The molecular weight excluding hydrogens is 168 g/mol. The maximum atomic E-state index is 12.7. The van der Waals surface area contributed by atoms with E-state index in [-0.39, 0.29) is 12.3 Å². The van der Waals surface area contributed by atoms with Crippen molar-refractivity contribution in [3.05, 3.63) is 23.5 Å². The smallest absolute Gasteiger partial charge is 0.199 e. The Hall–Kier alpha value is -0.940. The van der Waals surface area contributed by atoms with E-state index >= 15 is 0 Å². The summed E-state index contributed by atoms with van der Waals surface area (Å²) in [4.78, 5) is 2.23. The number of aromatic nitrogens is 1. The number of H-pyrrole nitrogens is 1. The van der Waals surface area contributed by atoms with Gasteiger partial charge >= 0.3 is 0 Å². The van der Waals surface area contributed by atoms with Crippen LogP contribution in [0.4, 0.5) is 8.78 Å². The lowest BCUT2D eigenvalue weighted by atomic mass is 10.4. The van der Waals surface area contributed by atoms with Gasteiger partial charge in [0.25, 0.3) is 0 Å². The second kappa shape index (κ2) is 3.64. The number of aliphatic hydroxyl groups is 1. The molecule has 0 saturated carbocycles. The molecule has 0 aliphatic rings. The monoisotopic (exact) mass is 177 g/mol. The van der Waals surface area contributed by atoms with Crippen molar-refractivity contribution in [2.45, 2.75) is 13.2 Å². The summed E-state index contributed by atoms with van der Waals surface area (Å²) in [5.74, 6) is -2.13. The first kappa shape index (κ1) is 9.15. The minimum Gasteiger partial charge on any atom is -0.363 e. The molecule has 0 aliphatic carbocycles. The van der Waals surface area contributed by atoms with Gasteiger partial charge in [-0.2, -0.15) is 0 Å². The molecule has 1 unspecified atom stereocenters. The van der Waals surface area contributed by atoms with Crippen molar-refractivity contribution < 1.29 is 18.6 Å². The van der Waals surface area contributed by atoms with Gasteiger partial charge in [-0.15, -0.1) is 0 Å². The summed E-state index contributed by atoms with van der Waals surface area (Å²) in [6.45, 7) is 1.86. The normalized spacial score (nSPS) is 13.3. The molecule has 68 valence electrons. The molecule has 0 spiro atoms. The highest BCUT2D eigenvalue weighted by atomic mass is 19.2. The lowest BCUT2D eigenvalue weighted by Crippen LogP contribution is -2.05. The molecular formula is C7H9F2NO2. The second-order valence-corrected chi connectivity index (χ2v) is 2.17. The third kappa shape index (κ3) is 1.62. The zero-order valence-corrected chi connectivity index (χ0v) is 6.47. The van der Waals surface area contributed by atoms with Crippen molar-refractivity contribution in [1.82, 2.24) is 4.98 Å². The zero-order valence-electron chi connectivity index (χ0n) is 6.47. The van der Waals surface area contributed by atoms with Crippen molar-refractivity contribution >= 4 is 0 Å². The molecule has 0 saturated heterocycles. The van der Waals surface area contributed by atoms with E-state index in [4.69, 9.17) is 5.11 Å². The quantitative estimate of drug-likeness (QED) is 0.684. The fraction of sp³-hybridized carbons (Fsp3) is 0.429. The molecule has 0 aliphatic heterocycles. The summed E-state index contributed by atoms with van der Waals surface area (Å²) in [6.07, 6.45) is -0.605. The van der Waals surface area contributed by atoms with Crippen LogP contribution in [-0.2, 0) is 4.74 Å². The van der Waals surface area contributed by atoms with Gasteiger partial charge < -0.3 is 14.8 Å². The van der Waals surface area contributed by atoms with Gasteiger partial charge in [0.1, 0.15) is 5.69 Å². The van der Waals surface area contributed by atoms with E-state index in [9.17, 15) is 8.78 Å². The van der Waals surface area contributed by atoms with Crippen LogP contribution in [-0.4, -0.2) is 16.7 Å². The summed E-state index contributed by atoms with van der Waals surface area (Å²) < 4.78 is 29.7. The van der Waals surface area contributed by atoms with E-state index in [1.807, 2.05) is 0 Å². The summed E-state index contributed by atoms with van der Waals surface area (Å²) >= 11 is 0. The highest BCUT2D eigenvalue weighted by molar-refractivity contribution is 5.10. The first-order valence-electron chi connectivity index (χ1n) is 3.48. The lowest BCUT2D eigenvalue weighted by Gasteiger charge is -2.07. The van der Waals surface area contributed by atoms with E-state index in [1.54, 1.807) is 6.92 Å². The number of hydrogen-bond acceptors (Lipinski definition) is 2. The van der Waals surface area contributed by atoms with Gasteiger partial charge in [-0.25, -0.2) is 8.78 Å². The van der Waals surface area contributed by atoms with Gasteiger partial charge in [0.15, 0.2) is 17.9 Å². The summed E-state index contributed by atoms with van der Waals surface area (Å²) in [6, 6.07) is 0. The number of ether oxygens (including phenoxy) is 1. The number of halogens is 2. The minimum atomic E-state index is -1.43. The number of aliphatic hydroxyl groups excluding tert-OH is 1. The Morgan fingerprint density at radius 3 is 2.75 bits per heavy atom. The van der Waals surface area contributed by atoms with Crippen molar-refractivity contribution in [3.8, 4) is 0 Å². The summed E-state index contributed by atoms with van der Waals surface area (Å²) in [7, 11) is 0. The van der Waals surface area contributed by atoms with Crippen molar-refractivity contribution in [2.24, 2.45) is 0 Å². The van der Waals surface area contributed by atoms with Crippen LogP contribution in [0.2, 0.25) is 0 Å². The van der Waals surface area contributed by atoms with Gasteiger partial charge in [-0.05, 0) is 6.92 Å². The summed E-state index contributed by atoms with van der Waals surface area (Å²) in [5.41, 5.74) is -0.283. The maximum absolute atomic E-state index is 12.7. The van der Waals surface area contributed by atoms with Crippen LogP contribution in [0.15, 0.2) is 6.20 Å². The van der Waals surface area contributed by atoms with Gasteiger partial charge in [0.2, 0.25) is 0 Å². The molecule has 0 amide bonds. The van der Waals surface area contributed by atoms with Crippen LogP contribution >= 0.6 is 0 Å². The van der Waals surface area contributed by atoms with Crippen LogP contribution in [0, 0.1) is 11.6 Å². The average Bonchev–Trinajstić information content (AvgIpc) is 2.34. The van der Waals surface area contributed by atoms with E-state index in [1.165, 1.54) is 0 Å². The second-order valence-electron chi connectivity index (χ2n) is 2.17. The predicted molar refractivity (Wildman–Crippen MR) is 37.3 cm³/mol. The fourth-order valence-corrected chi connectivity index (χ4v) is 0.817. The number of aromatic amines is 1. The SMILES string of the molecule is CCOC(O)c1[nH]cc(F)c1F. The predicted octanol–water partition coefficient (Wildman–Crippen LogP) is 1.32. The molecule has 2 N–H and O–H groups in total. The molecule has 0 radical (unpaired) electrons. The molecule has 1 rings (SSSR count).